The van der Waals surface area contributed by atoms with Crippen LogP contribution in [-0.2, 0) is 6.42 Å². The molecular formula is C45H27N3. The van der Waals surface area contributed by atoms with E-state index in [1.807, 2.05) is 0 Å². The molecule has 0 saturated heterocycles. The van der Waals surface area contributed by atoms with Crippen LogP contribution in [0, 0.1) is 0 Å². The number of rotatable bonds is 1. The monoisotopic (exact) mass is 609 g/mol. The number of aryl methyl sites for hydroxylation is 1. The van der Waals surface area contributed by atoms with E-state index >= 15 is 0 Å². The normalized spacial score (nSPS) is 15.1. The van der Waals surface area contributed by atoms with Gasteiger partial charge in [-0.25, -0.2) is 4.98 Å². The van der Waals surface area contributed by atoms with E-state index in [9.17, 15) is 0 Å². The molecule has 3 aromatic heterocycles. The van der Waals surface area contributed by atoms with Crippen LogP contribution in [0.3, 0.4) is 0 Å². The number of benzene rings is 7. The molecule has 0 spiro atoms. The maximum atomic E-state index is 5.58. The fourth-order valence-corrected chi connectivity index (χ4v) is 9.41. The molecule has 0 radical (unpaired) electrons. The molecule has 222 valence electrons. The van der Waals surface area contributed by atoms with Gasteiger partial charge in [0.15, 0.2) is 0 Å². The van der Waals surface area contributed by atoms with Crippen LogP contribution in [0.15, 0.2) is 134 Å². The van der Waals surface area contributed by atoms with Crippen molar-refractivity contribution >= 4 is 59.6 Å². The minimum Gasteiger partial charge on any atom is -0.308 e. The Bertz CT molecular complexity index is 3010. The third-order valence-corrected chi connectivity index (χ3v) is 11.3. The Balaban J connectivity index is 1.23. The van der Waals surface area contributed by atoms with Gasteiger partial charge in [0.25, 0.3) is 0 Å². The highest BCUT2D eigenvalue weighted by atomic mass is 14.9. The summed E-state index contributed by atoms with van der Waals surface area (Å²) >= 11 is 0. The second-order valence-electron chi connectivity index (χ2n) is 13.6. The Morgan fingerprint density at radius 3 is 2.10 bits per heavy atom. The van der Waals surface area contributed by atoms with Crippen molar-refractivity contribution in [3.63, 3.8) is 0 Å². The van der Waals surface area contributed by atoms with Gasteiger partial charge in [-0.15, -0.1) is 0 Å². The quantitative estimate of drug-likeness (QED) is 0.185. The Hall–Kier alpha value is -6.06. The fraction of sp³-hybridized carbons (Fsp3) is 0.0667. The molecule has 0 amide bonds. The maximum Gasteiger partial charge on any atom is 0.0975 e. The largest absolute Gasteiger partial charge is 0.308 e. The molecule has 48 heavy (non-hydrogen) atoms. The molecule has 0 saturated carbocycles. The summed E-state index contributed by atoms with van der Waals surface area (Å²) in [7, 11) is 0. The minimum atomic E-state index is 0.0731. The van der Waals surface area contributed by atoms with Crippen LogP contribution >= 0.6 is 0 Å². The highest BCUT2D eigenvalue weighted by Crippen LogP contribution is 2.52. The molecule has 10 aromatic rings. The van der Waals surface area contributed by atoms with Crippen LogP contribution in [0.2, 0.25) is 0 Å². The molecule has 2 aliphatic carbocycles. The number of aromatic nitrogens is 3. The van der Waals surface area contributed by atoms with Crippen molar-refractivity contribution in [2.75, 3.05) is 0 Å². The predicted molar refractivity (Wildman–Crippen MR) is 198 cm³/mol. The van der Waals surface area contributed by atoms with Gasteiger partial charge in [-0.2, -0.15) is 0 Å². The third-order valence-electron chi connectivity index (χ3n) is 11.3. The highest BCUT2D eigenvalue weighted by Gasteiger charge is 2.33. The van der Waals surface area contributed by atoms with E-state index in [0.29, 0.717) is 0 Å². The Kier molecular flexibility index (Phi) is 4.62. The summed E-state index contributed by atoms with van der Waals surface area (Å²) in [5.74, 6) is 0.0731. The number of nitrogens with zero attached hydrogens (tertiary/aromatic N) is 3. The van der Waals surface area contributed by atoms with Crippen molar-refractivity contribution in [2.24, 2.45) is 0 Å². The van der Waals surface area contributed by atoms with E-state index in [1.165, 1.54) is 93.0 Å². The average Bonchev–Trinajstić information content (AvgIpc) is 3.73. The number of hydrogen-bond donors (Lipinski definition) is 0. The maximum absolute atomic E-state index is 5.58. The van der Waals surface area contributed by atoms with Crippen LogP contribution in [0.25, 0.3) is 93.3 Å². The summed E-state index contributed by atoms with van der Waals surface area (Å²) in [6.07, 6.45) is 4.01. The first-order valence-corrected chi connectivity index (χ1v) is 16.9. The highest BCUT2D eigenvalue weighted by molar-refractivity contribution is 6.26. The van der Waals surface area contributed by atoms with Crippen LogP contribution in [0.5, 0.6) is 0 Å². The molecule has 0 fully saturated rings. The van der Waals surface area contributed by atoms with Crippen LogP contribution in [-0.4, -0.2) is 14.4 Å². The first kappa shape index (κ1) is 25.1. The lowest BCUT2D eigenvalue weighted by atomic mass is 9.84. The Morgan fingerprint density at radius 2 is 1.25 bits per heavy atom. The molecule has 3 heterocycles. The lowest BCUT2D eigenvalue weighted by molar-refractivity contribution is 0.708. The smallest absolute Gasteiger partial charge is 0.0975 e. The van der Waals surface area contributed by atoms with Gasteiger partial charge in [0.2, 0.25) is 0 Å². The van der Waals surface area contributed by atoms with Crippen molar-refractivity contribution in [1.29, 1.82) is 0 Å². The molecule has 0 N–H and O–H groups in total. The molecule has 0 bridgehead atoms. The number of fused-ring (bicyclic) bond motifs is 15. The van der Waals surface area contributed by atoms with Gasteiger partial charge in [-0.3, -0.25) is 4.98 Å². The zero-order valence-corrected chi connectivity index (χ0v) is 26.0. The molecule has 3 nitrogen and oxygen atoms in total. The van der Waals surface area contributed by atoms with Gasteiger partial charge in [0.1, 0.15) is 0 Å². The van der Waals surface area contributed by atoms with Crippen LogP contribution < -0.4 is 0 Å². The molecule has 2 aliphatic rings. The topological polar surface area (TPSA) is 30.2 Å². The first-order valence-electron chi connectivity index (χ1n) is 16.9. The van der Waals surface area contributed by atoms with E-state index in [1.54, 1.807) is 0 Å². The second kappa shape index (κ2) is 8.84. The Morgan fingerprint density at radius 1 is 0.542 bits per heavy atom. The molecule has 12 rings (SSSR count). The molecule has 1 atom stereocenters. The predicted octanol–water partition coefficient (Wildman–Crippen LogP) is 11.3. The van der Waals surface area contributed by atoms with Gasteiger partial charge in [0, 0.05) is 50.2 Å². The van der Waals surface area contributed by atoms with E-state index in [-0.39, 0.29) is 5.92 Å². The van der Waals surface area contributed by atoms with Crippen molar-refractivity contribution < 1.29 is 0 Å². The molecule has 3 heteroatoms. The van der Waals surface area contributed by atoms with E-state index in [2.05, 4.69) is 138 Å². The lowest BCUT2D eigenvalue weighted by Crippen LogP contribution is -2.07. The van der Waals surface area contributed by atoms with Crippen molar-refractivity contribution in [3.05, 3.63) is 150 Å². The summed E-state index contributed by atoms with van der Waals surface area (Å²) < 4.78 is 2.50. The summed E-state index contributed by atoms with van der Waals surface area (Å²) in [6.45, 7) is 0. The van der Waals surface area contributed by atoms with Crippen LogP contribution in [0.4, 0.5) is 0 Å². The standard InChI is InChI=1S/C45H27N3/c1-2-12-27-25(9-1)19-20-29-28(27)21-22-31(37-24-46-43-33-15-7-10-26-11-8-16-34(40(26)33)44(43)47-37)41-35(29)23-36-30-13-3-5-17-38(30)48-39-18-6-4-14-32(39)42(41)45(36)48/h1-20,23-24,31H,21-22H2. The summed E-state index contributed by atoms with van der Waals surface area (Å²) in [4.78, 5) is 10.8. The average molecular weight is 610 g/mol. The van der Waals surface area contributed by atoms with Gasteiger partial charge in [-0.1, -0.05) is 109 Å². The minimum absolute atomic E-state index is 0.0731. The van der Waals surface area contributed by atoms with Crippen molar-refractivity contribution in [3.8, 4) is 33.6 Å². The van der Waals surface area contributed by atoms with Crippen molar-refractivity contribution in [2.45, 2.75) is 18.8 Å². The van der Waals surface area contributed by atoms with Gasteiger partial charge < -0.3 is 4.40 Å². The summed E-state index contributed by atoms with van der Waals surface area (Å²) in [5, 5.41) is 10.4. The first-order chi connectivity index (χ1) is 23.8. The fourth-order valence-electron chi connectivity index (χ4n) is 9.41. The second-order valence-corrected chi connectivity index (χ2v) is 13.6. The van der Waals surface area contributed by atoms with Gasteiger partial charge in [-0.05, 0) is 69.5 Å². The third kappa shape index (κ3) is 3.01. The van der Waals surface area contributed by atoms with Crippen LogP contribution in [0.1, 0.15) is 29.2 Å². The van der Waals surface area contributed by atoms with Gasteiger partial charge >= 0.3 is 0 Å². The lowest BCUT2D eigenvalue weighted by Gasteiger charge is -2.20. The molecule has 1 unspecified atom stereocenters. The van der Waals surface area contributed by atoms with E-state index < -0.39 is 0 Å². The number of hydrogen-bond acceptors (Lipinski definition) is 2. The van der Waals surface area contributed by atoms with Gasteiger partial charge in [0.05, 0.1) is 33.6 Å². The van der Waals surface area contributed by atoms with Crippen molar-refractivity contribution in [1.82, 2.24) is 14.4 Å². The molecule has 7 aromatic carbocycles. The Labute approximate surface area is 276 Å². The summed E-state index contributed by atoms with van der Waals surface area (Å²) in [6, 6.07) is 47.1. The zero-order chi connectivity index (χ0) is 31.1. The summed E-state index contributed by atoms with van der Waals surface area (Å²) in [5.41, 5.74) is 14.8. The zero-order valence-electron chi connectivity index (χ0n) is 26.0. The molecule has 0 aliphatic heterocycles. The number of para-hydroxylation sites is 2. The SMILES string of the molecule is c1ccc2c3c(ccc2c1)-c1cc2c4ccccc4n4c5ccccc5c(c1C(c1cnc5c(n1)-c1cccc6cccc-5c16)CC3)c24. The molecular weight excluding hydrogens is 583 g/mol. The van der Waals surface area contributed by atoms with E-state index in [0.717, 1.165) is 29.9 Å². The van der Waals surface area contributed by atoms with E-state index in [4.69, 9.17) is 9.97 Å².